The Bertz CT molecular complexity index is 87.2. The molecular weight excluding hydrogens is 204 g/mol. The third-order valence-corrected chi connectivity index (χ3v) is 1.38. The monoisotopic (exact) mass is 234 g/mol. The Hall–Kier alpha value is -0.380. The number of aliphatic hydroxyl groups excluding tert-OH is 2. The molecule has 2 N–H and O–H groups in total. The summed E-state index contributed by atoms with van der Waals surface area (Å²) in [4.78, 5) is 0. The molecule has 0 radical (unpaired) electrons. The van der Waals surface area contributed by atoms with Crippen LogP contribution in [0.2, 0.25) is 0 Å². The third-order valence-electron chi connectivity index (χ3n) is 1.38. The number of allylic oxidation sites excluding steroid dienone is 1. The Morgan fingerprint density at radius 3 is 1.50 bits per heavy atom. The summed E-state index contributed by atoms with van der Waals surface area (Å²) in [5, 5.41) is 15.2. The van der Waals surface area contributed by atoms with Crippen molar-refractivity contribution in [2.45, 2.75) is 46.5 Å². The fourth-order valence-corrected chi connectivity index (χ4v) is 0.595. The topological polar surface area (TPSA) is 49.7 Å². The van der Waals surface area contributed by atoms with Crippen molar-refractivity contribution >= 4 is 0 Å². The van der Waals surface area contributed by atoms with Crippen LogP contribution in [0.5, 0.6) is 0 Å². The van der Waals surface area contributed by atoms with Crippen molar-refractivity contribution in [2.24, 2.45) is 0 Å². The summed E-state index contributed by atoms with van der Waals surface area (Å²) in [5.74, 6) is 0. The SMILES string of the molecule is C=CC.CCCCOCCCC.OCCO. The van der Waals surface area contributed by atoms with E-state index >= 15 is 0 Å². The lowest BCUT2D eigenvalue weighted by Gasteiger charge is -1.99. The van der Waals surface area contributed by atoms with Crippen molar-refractivity contribution in [1.82, 2.24) is 0 Å². The molecular formula is C13H30O3. The van der Waals surface area contributed by atoms with Gasteiger partial charge < -0.3 is 14.9 Å². The molecule has 100 valence electrons. The van der Waals surface area contributed by atoms with E-state index in [-0.39, 0.29) is 13.2 Å². The van der Waals surface area contributed by atoms with Crippen LogP contribution in [0, 0.1) is 0 Å². The van der Waals surface area contributed by atoms with Crippen molar-refractivity contribution in [3.8, 4) is 0 Å². The molecule has 0 spiro atoms. The quantitative estimate of drug-likeness (QED) is 0.526. The minimum Gasteiger partial charge on any atom is -0.394 e. The van der Waals surface area contributed by atoms with Crippen molar-refractivity contribution in [1.29, 1.82) is 0 Å². The molecule has 3 heteroatoms. The predicted molar refractivity (Wildman–Crippen MR) is 70.7 cm³/mol. The smallest absolute Gasteiger partial charge is 0.0662 e. The van der Waals surface area contributed by atoms with Gasteiger partial charge in [0.1, 0.15) is 0 Å². The molecule has 0 aliphatic carbocycles. The molecule has 0 amide bonds. The fraction of sp³-hybridized carbons (Fsp3) is 0.846. The van der Waals surface area contributed by atoms with Crippen LogP contribution in [0.25, 0.3) is 0 Å². The van der Waals surface area contributed by atoms with E-state index in [1.54, 1.807) is 6.08 Å². The summed E-state index contributed by atoms with van der Waals surface area (Å²) in [5.41, 5.74) is 0. The highest BCUT2D eigenvalue weighted by Gasteiger charge is 1.84. The van der Waals surface area contributed by atoms with Gasteiger partial charge in [0, 0.05) is 13.2 Å². The van der Waals surface area contributed by atoms with E-state index in [1.807, 2.05) is 6.92 Å². The molecule has 0 aliphatic rings. The summed E-state index contributed by atoms with van der Waals surface area (Å²) in [6, 6.07) is 0. The second kappa shape index (κ2) is 29.3. The number of aliphatic hydroxyl groups is 2. The van der Waals surface area contributed by atoms with Gasteiger partial charge in [-0.3, -0.25) is 0 Å². The summed E-state index contributed by atoms with van der Waals surface area (Å²) in [6.45, 7) is 11.3. The number of ether oxygens (including phenoxy) is 1. The molecule has 0 aromatic rings. The highest BCUT2D eigenvalue weighted by Crippen LogP contribution is 1.91. The van der Waals surface area contributed by atoms with Crippen molar-refractivity contribution < 1.29 is 14.9 Å². The first-order chi connectivity index (χ1) is 7.74. The fourth-order valence-electron chi connectivity index (χ4n) is 0.595. The molecule has 0 aromatic carbocycles. The van der Waals surface area contributed by atoms with E-state index < -0.39 is 0 Å². The van der Waals surface area contributed by atoms with Gasteiger partial charge in [-0.1, -0.05) is 32.8 Å². The van der Waals surface area contributed by atoms with Crippen LogP contribution in [-0.2, 0) is 4.74 Å². The number of hydrogen-bond acceptors (Lipinski definition) is 3. The molecule has 0 aliphatic heterocycles. The second-order valence-corrected chi connectivity index (χ2v) is 3.17. The molecule has 0 aromatic heterocycles. The first-order valence-electron chi connectivity index (χ1n) is 6.11. The number of hydrogen-bond donors (Lipinski definition) is 2. The number of rotatable bonds is 7. The minimum absolute atomic E-state index is 0.125. The van der Waals surface area contributed by atoms with Gasteiger partial charge in [0.05, 0.1) is 13.2 Å². The van der Waals surface area contributed by atoms with Crippen LogP contribution in [0.1, 0.15) is 46.5 Å². The van der Waals surface area contributed by atoms with Gasteiger partial charge in [-0.05, 0) is 19.8 Å². The maximum absolute atomic E-state index is 7.62. The lowest BCUT2D eigenvalue weighted by molar-refractivity contribution is 0.128. The second-order valence-electron chi connectivity index (χ2n) is 3.17. The zero-order valence-electron chi connectivity index (χ0n) is 11.2. The molecule has 0 fully saturated rings. The normalized spacial score (nSPS) is 8.31. The van der Waals surface area contributed by atoms with Crippen LogP contribution >= 0.6 is 0 Å². The van der Waals surface area contributed by atoms with Crippen LogP contribution in [0.4, 0.5) is 0 Å². The van der Waals surface area contributed by atoms with Gasteiger partial charge in [-0.15, -0.1) is 6.58 Å². The summed E-state index contributed by atoms with van der Waals surface area (Å²) < 4.78 is 5.31. The lowest BCUT2D eigenvalue weighted by Crippen LogP contribution is -1.95. The minimum atomic E-state index is -0.125. The Kier molecular flexibility index (Phi) is 38.4. The Morgan fingerprint density at radius 1 is 1.00 bits per heavy atom. The predicted octanol–water partition coefficient (Wildman–Crippen LogP) is 2.77. The van der Waals surface area contributed by atoms with Gasteiger partial charge in [0.25, 0.3) is 0 Å². The molecule has 0 saturated carbocycles. The van der Waals surface area contributed by atoms with Crippen molar-refractivity contribution in [2.75, 3.05) is 26.4 Å². The molecule has 3 nitrogen and oxygen atoms in total. The van der Waals surface area contributed by atoms with Crippen LogP contribution < -0.4 is 0 Å². The van der Waals surface area contributed by atoms with Crippen molar-refractivity contribution in [3.63, 3.8) is 0 Å². The standard InChI is InChI=1S/C8H18O.C3H6.C2H6O2/c1-3-5-7-9-8-6-4-2;1-3-2;3-1-2-4/h3-8H2,1-2H3;3H,1H2,2H3;3-4H,1-2H2. The lowest BCUT2D eigenvalue weighted by atomic mass is 10.3. The number of unbranched alkanes of at least 4 members (excludes halogenated alkanes) is 2. The van der Waals surface area contributed by atoms with Crippen molar-refractivity contribution in [3.05, 3.63) is 12.7 Å². The highest BCUT2D eigenvalue weighted by atomic mass is 16.5. The first-order valence-corrected chi connectivity index (χ1v) is 6.11. The summed E-state index contributed by atoms with van der Waals surface area (Å²) in [6.07, 6.45) is 6.66. The molecule has 0 saturated heterocycles. The largest absolute Gasteiger partial charge is 0.394 e. The first kappa shape index (κ1) is 21.0. The average molecular weight is 234 g/mol. The molecule has 0 atom stereocenters. The molecule has 16 heavy (non-hydrogen) atoms. The Balaban J connectivity index is -0.000000201. The zero-order valence-corrected chi connectivity index (χ0v) is 11.2. The molecule has 0 heterocycles. The van der Waals surface area contributed by atoms with E-state index in [4.69, 9.17) is 14.9 Å². The van der Waals surface area contributed by atoms with E-state index in [2.05, 4.69) is 20.4 Å². The maximum Gasteiger partial charge on any atom is 0.0662 e. The summed E-state index contributed by atoms with van der Waals surface area (Å²) in [7, 11) is 0. The van der Waals surface area contributed by atoms with E-state index in [9.17, 15) is 0 Å². The Morgan fingerprint density at radius 2 is 1.31 bits per heavy atom. The van der Waals surface area contributed by atoms with Gasteiger partial charge in [-0.25, -0.2) is 0 Å². The molecule has 0 rings (SSSR count). The molecule has 0 bridgehead atoms. The third kappa shape index (κ3) is 49.5. The van der Waals surface area contributed by atoms with E-state index in [1.165, 1.54) is 25.7 Å². The highest BCUT2D eigenvalue weighted by molar-refractivity contribution is 4.51. The van der Waals surface area contributed by atoms with E-state index in [0.29, 0.717) is 0 Å². The van der Waals surface area contributed by atoms with Gasteiger partial charge in [-0.2, -0.15) is 0 Å². The maximum atomic E-state index is 7.62. The van der Waals surface area contributed by atoms with Gasteiger partial charge in [0.2, 0.25) is 0 Å². The zero-order chi connectivity index (χ0) is 13.1. The van der Waals surface area contributed by atoms with Gasteiger partial charge >= 0.3 is 0 Å². The Labute approximate surface area is 101 Å². The molecule has 0 unspecified atom stereocenters. The average Bonchev–Trinajstić information content (AvgIpc) is 2.30. The van der Waals surface area contributed by atoms with Gasteiger partial charge in [0.15, 0.2) is 0 Å². The van der Waals surface area contributed by atoms with Crippen LogP contribution in [0.15, 0.2) is 12.7 Å². The van der Waals surface area contributed by atoms with E-state index in [0.717, 1.165) is 13.2 Å². The van der Waals surface area contributed by atoms with Crippen LogP contribution in [-0.4, -0.2) is 36.6 Å². The summed E-state index contributed by atoms with van der Waals surface area (Å²) >= 11 is 0. The van der Waals surface area contributed by atoms with Crippen LogP contribution in [0.3, 0.4) is 0 Å².